The number of ketones is 1. The average molecular weight is 428 g/mol. The number of aliphatic hydroxyl groups excluding tert-OH is 1. The van der Waals surface area contributed by atoms with Crippen molar-refractivity contribution < 1.29 is 19.6 Å². The van der Waals surface area contributed by atoms with Crippen LogP contribution in [0.3, 0.4) is 0 Å². The number of non-ortho nitro benzene ring substituents is 1. The van der Waals surface area contributed by atoms with E-state index in [1.54, 1.807) is 12.1 Å². The molecule has 0 saturated carbocycles. The molecule has 3 aromatic carbocycles. The van der Waals surface area contributed by atoms with Crippen molar-refractivity contribution in [3.63, 3.8) is 0 Å². The molecule has 1 saturated heterocycles. The predicted octanol–water partition coefficient (Wildman–Crippen LogP) is 4.84. The van der Waals surface area contributed by atoms with Crippen molar-refractivity contribution in [3.05, 3.63) is 111 Å². The molecule has 1 heterocycles. The van der Waals surface area contributed by atoms with Crippen LogP contribution in [0.4, 0.5) is 11.4 Å². The second-order valence-electron chi connectivity index (χ2n) is 7.67. The van der Waals surface area contributed by atoms with Crippen LogP contribution in [0.15, 0.2) is 78.4 Å². The van der Waals surface area contributed by atoms with Gasteiger partial charge in [-0.1, -0.05) is 36.4 Å². The van der Waals surface area contributed by atoms with E-state index in [9.17, 15) is 24.8 Å². The van der Waals surface area contributed by atoms with Gasteiger partial charge in [0.05, 0.1) is 16.5 Å². The van der Waals surface area contributed by atoms with E-state index in [4.69, 9.17) is 0 Å². The summed E-state index contributed by atoms with van der Waals surface area (Å²) < 4.78 is 0. The van der Waals surface area contributed by atoms with Gasteiger partial charge in [-0.05, 0) is 54.8 Å². The van der Waals surface area contributed by atoms with Crippen LogP contribution in [0, 0.1) is 24.0 Å². The zero-order chi connectivity index (χ0) is 23.0. The van der Waals surface area contributed by atoms with Gasteiger partial charge in [0.25, 0.3) is 17.4 Å². The Kier molecular flexibility index (Phi) is 5.32. The molecule has 1 unspecified atom stereocenters. The van der Waals surface area contributed by atoms with Crippen LogP contribution in [-0.2, 0) is 9.59 Å². The molecule has 0 spiro atoms. The summed E-state index contributed by atoms with van der Waals surface area (Å²) >= 11 is 0. The van der Waals surface area contributed by atoms with Crippen molar-refractivity contribution in [2.75, 3.05) is 4.90 Å². The standard InChI is InChI=1S/C25H20N2O5/c1-15-6-5-8-19(14-15)26-22(20-9-4-3-7-16(20)2)21(24(29)25(26)30)23(28)17-10-12-18(13-11-17)27(31)32/h3-14,22,28H,1-2H3/b23-21+. The fraction of sp³-hybridized carbons (Fsp3) is 0.120. The number of nitrogens with zero attached hydrogens (tertiary/aromatic N) is 2. The SMILES string of the molecule is Cc1cccc(N2C(=O)C(=O)/C(=C(/O)c3ccc([N+](=O)[O-])cc3)C2c2ccccc2C)c1. The number of aryl methyl sites for hydroxylation is 2. The Balaban J connectivity index is 1.94. The fourth-order valence-corrected chi connectivity index (χ4v) is 3.96. The minimum absolute atomic E-state index is 0.0559. The summed E-state index contributed by atoms with van der Waals surface area (Å²) in [6, 6.07) is 19.0. The van der Waals surface area contributed by atoms with Gasteiger partial charge >= 0.3 is 0 Å². The predicted molar refractivity (Wildman–Crippen MR) is 120 cm³/mol. The maximum Gasteiger partial charge on any atom is 0.300 e. The van der Waals surface area contributed by atoms with Crippen LogP contribution in [0.25, 0.3) is 5.76 Å². The fourth-order valence-electron chi connectivity index (χ4n) is 3.96. The highest BCUT2D eigenvalue weighted by Crippen LogP contribution is 2.43. The smallest absolute Gasteiger partial charge is 0.300 e. The first kappa shape index (κ1) is 21.0. The van der Waals surface area contributed by atoms with E-state index in [2.05, 4.69) is 0 Å². The van der Waals surface area contributed by atoms with Gasteiger partial charge < -0.3 is 5.11 Å². The molecular formula is C25H20N2O5. The van der Waals surface area contributed by atoms with Crippen molar-refractivity contribution in [3.8, 4) is 0 Å². The third kappa shape index (κ3) is 3.54. The molecule has 1 atom stereocenters. The summed E-state index contributed by atoms with van der Waals surface area (Å²) in [6.07, 6.45) is 0. The minimum Gasteiger partial charge on any atom is -0.507 e. The lowest BCUT2D eigenvalue weighted by molar-refractivity contribution is -0.384. The van der Waals surface area contributed by atoms with E-state index in [0.29, 0.717) is 11.3 Å². The molecule has 0 aliphatic carbocycles. The Morgan fingerprint density at radius 1 is 0.969 bits per heavy atom. The van der Waals surface area contributed by atoms with Gasteiger partial charge in [0.15, 0.2) is 0 Å². The van der Waals surface area contributed by atoms with Crippen LogP contribution in [0.1, 0.15) is 28.3 Å². The van der Waals surface area contributed by atoms with E-state index in [-0.39, 0.29) is 22.6 Å². The molecule has 1 amide bonds. The summed E-state index contributed by atoms with van der Waals surface area (Å²) in [5, 5.41) is 22.1. The molecule has 160 valence electrons. The van der Waals surface area contributed by atoms with Crippen molar-refractivity contribution in [2.45, 2.75) is 19.9 Å². The molecule has 0 bridgehead atoms. The van der Waals surface area contributed by atoms with Crippen LogP contribution >= 0.6 is 0 Å². The summed E-state index contributed by atoms with van der Waals surface area (Å²) in [6.45, 7) is 3.76. The van der Waals surface area contributed by atoms with Crippen LogP contribution in [0.2, 0.25) is 0 Å². The van der Waals surface area contributed by atoms with Crippen molar-refractivity contribution in [1.82, 2.24) is 0 Å². The molecule has 1 fully saturated rings. The zero-order valence-electron chi connectivity index (χ0n) is 17.5. The second-order valence-corrected chi connectivity index (χ2v) is 7.67. The van der Waals surface area contributed by atoms with E-state index in [1.165, 1.54) is 29.2 Å². The van der Waals surface area contributed by atoms with E-state index in [1.807, 2.05) is 50.2 Å². The summed E-state index contributed by atoms with van der Waals surface area (Å²) in [4.78, 5) is 38.1. The number of carbonyl (C=O) groups is 2. The number of nitro groups is 1. The third-order valence-corrected chi connectivity index (χ3v) is 5.56. The molecule has 1 aliphatic heterocycles. The lowest BCUT2D eigenvalue weighted by Gasteiger charge is -2.27. The molecular weight excluding hydrogens is 408 g/mol. The second kappa shape index (κ2) is 8.11. The molecule has 3 aromatic rings. The average Bonchev–Trinajstić information content (AvgIpc) is 3.04. The van der Waals surface area contributed by atoms with E-state index >= 15 is 0 Å². The first-order valence-corrected chi connectivity index (χ1v) is 9.97. The number of aliphatic hydroxyl groups is 1. The molecule has 1 N–H and O–H groups in total. The summed E-state index contributed by atoms with van der Waals surface area (Å²) in [5.41, 5.74) is 3.04. The third-order valence-electron chi connectivity index (χ3n) is 5.56. The normalized spacial score (nSPS) is 17.6. The Bertz CT molecular complexity index is 1280. The van der Waals surface area contributed by atoms with Gasteiger partial charge in [-0.2, -0.15) is 0 Å². The first-order valence-electron chi connectivity index (χ1n) is 9.97. The monoisotopic (exact) mass is 428 g/mol. The van der Waals surface area contributed by atoms with Gasteiger partial charge in [0, 0.05) is 23.4 Å². The Morgan fingerprint density at radius 3 is 2.28 bits per heavy atom. The zero-order valence-corrected chi connectivity index (χ0v) is 17.5. The molecule has 4 rings (SSSR count). The van der Waals surface area contributed by atoms with Gasteiger partial charge in [-0.3, -0.25) is 24.6 Å². The highest BCUT2D eigenvalue weighted by atomic mass is 16.6. The molecule has 7 nitrogen and oxygen atoms in total. The van der Waals surface area contributed by atoms with Gasteiger partial charge in [0.2, 0.25) is 0 Å². The lowest BCUT2D eigenvalue weighted by Crippen LogP contribution is -2.29. The number of anilines is 1. The van der Waals surface area contributed by atoms with Crippen molar-refractivity contribution >= 4 is 28.8 Å². The number of hydrogen-bond acceptors (Lipinski definition) is 5. The van der Waals surface area contributed by atoms with Gasteiger partial charge in [-0.25, -0.2) is 0 Å². The van der Waals surface area contributed by atoms with Crippen LogP contribution in [-0.4, -0.2) is 21.7 Å². The topological polar surface area (TPSA) is 101 Å². The van der Waals surface area contributed by atoms with Crippen LogP contribution < -0.4 is 4.90 Å². The maximum atomic E-state index is 13.1. The number of Topliss-reactive ketones (excluding diaryl/α,β-unsaturated/α-hetero) is 1. The Morgan fingerprint density at radius 2 is 1.66 bits per heavy atom. The van der Waals surface area contributed by atoms with Crippen molar-refractivity contribution in [1.29, 1.82) is 0 Å². The molecule has 1 aliphatic rings. The molecule has 0 aromatic heterocycles. The first-order chi connectivity index (χ1) is 15.3. The lowest BCUT2D eigenvalue weighted by atomic mass is 9.92. The van der Waals surface area contributed by atoms with E-state index < -0.39 is 22.7 Å². The Labute approximate surface area is 184 Å². The summed E-state index contributed by atoms with van der Waals surface area (Å²) in [7, 11) is 0. The van der Waals surface area contributed by atoms with Gasteiger partial charge in [-0.15, -0.1) is 0 Å². The van der Waals surface area contributed by atoms with Crippen LogP contribution in [0.5, 0.6) is 0 Å². The largest absolute Gasteiger partial charge is 0.507 e. The number of benzene rings is 3. The number of nitro benzene ring substituents is 1. The van der Waals surface area contributed by atoms with E-state index in [0.717, 1.165) is 11.1 Å². The number of rotatable bonds is 4. The highest BCUT2D eigenvalue weighted by Gasteiger charge is 2.47. The number of carbonyl (C=O) groups excluding carboxylic acids is 2. The molecule has 7 heteroatoms. The Hall–Kier alpha value is -4.26. The maximum absolute atomic E-state index is 13.1. The van der Waals surface area contributed by atoms with Gasteiger partial charge in [0.1, 0.15) is 5.76 Å². The molecule has 32 heavy (non-hydrogen) atoms. The quantitative estimate of drug-likeness (QED) is 0.211. The molecule has 0 radical (unpaired) electrons. The summed E-state index contributed by atoms with van der Waals surface area (Å²) in [5.74, 6) is -1.93. The highest BCUT2D eigenvalue weighted by molar-refractivity contribution is 6.51. The minimum atomic E-state index is -0.840. The number of hydrogen-bond donors (Lipinski definition) is 1. The number of amides is 1. The van der Waals surface area contributed by atoms with Crippen molar-refractivity contribution in [2.24, 2.45) is 0 Å².